The van der Waals surface area contributed by atoms with Gasteiger partial charge in [0, 0.05) is 66.3 Å². The van der Waals surface area contributed by atoms with Crippen molar-refractivity contribution in [2.75, 3.05) is 5.75 Å². The van der Waals surface area contributed by atoms with Gasteiger partial charge in [-0.3, -0.25) is 14.5 Å². The topological polar surface area (TPSA) is 230 Å². The van der Waals surface area contributed by atoms with Crippen LogP contribution in [-0.4, -0.2) is 87.1 Å². The van der Waals surface area contributed by atoms with Crippen LogP contribution in [0.5, 0.6) is 11.5 Å². The highest BCUT2D eigenvalue weighted by atomic mass is 35.7. The molecule has 92 heavy (non-hydrogen) atoms. The third-order valence-electron chi connectivity index (χ3n) is 17.1. The predicted molar refractivity (Wildman–Crippen MR) is 355 cm³/mol. The van der Waals surface area contributed by atoms with Gasteiger partial charge >= 0.3 is 21.8 Å². The standard InChI is InChI=1S/C27H28FN5O2.C21H24N4O2.C8H9ClO2S.C8H9FO2S.C2H6S.O2S/c1-31-25-5-3-2-4-24(25)26(14-27(31)34)35-17-20-16-33(30-29-20)23-12-21-10-11-22(13-23)32(21)15-18-6-8-19(28)9-7-18;1-24-19-5-3-2-4-18(19)20(11-21(24)26)27-13-16-12-25(23-22-16)17-9-14-6-7-15(8-14)10-17;2*1-2-7-3-5-8(6-4-7)12(9,10)11;1-2-3;1-3-2/h2-9,14,16,21-23H,10-13,15,17H2,1H3;2-5,11-12,14-15,17H,6-10,13H2,1H3;2*3-6H,2H2,1H3;3H,2H2,1H3;. The van der Waals surface area contributed by atoms with Gasteiger partial charge in [0.25, 0.3) is 20.2 Å². The summed E-state index contributed by atoms with van der Waals surface area (Å²) in [6.45, 7) is 7.37. The SMILES string of the molecule is CCS.CCc1ccc(S(=O)(=O)Cl)cc1.CCc1ccc(S(=O)(=O)F)cc1.Cn1c(=O)cc(OCc2cn(C3CC4CCC(C3)N4Cc3ccc(F)cc3)nn2)c2ccccc21.Cn1c(=O)cc(OCc2cn(C3CC4CCC(C4)C3)nn2)c2ccccc21.O=S=O. The van der Waals surface area contributed by atoms with Gasteiger partial charge < -0.3 is 18.6 Å². The fourth-order valence-electron chi connectivity index (χ4n) is 12.4. The van der Waals surface area contributed by atoms with E-state index in [1.54, 1.807) is 65.7 Å². The molecule has 9 aromatic rings. The molecule has 490 valence electrons. The third kappa shape index (κ3) is 18.9. The number of hydrogen-bond acceptors (Lipinski definition) is 16. The molecular weight excluding hydrogens is 1280 g/mol. The van der Waals surface area contributed by atoms with Crippen LogP contribution in [-0.2, 0) is 77.5 Å². The summed E-state index contributed by atoms with van der Waals surface area (Å²) in [6, 6.07) is 39.5. The molecule has 4 bridgehead atoms. The monoisotopic (exact) mass is 1360 g/mol. The summed E-state index contributed by atoms with van der Waals surface area (Å²) in [6.07, 6.45) is 16.7. The Labute approximate surface area is 548 Å². The first kappa shape index (κ1) is 70.4. The molecular formula is C66H76ClF2N9O10S4. The summed E-state index contributed by atoms with van der Waals surface area (Å²) in [5.41, 5.74) is 6.30. The van der Waals surface area contributed by atoms with Gasteiger partial charge in [-0.2, -0.15) is 29.5 Å². The largest absolute Gasteiger partial charge is 0.486 e. The number of para-hydroxylation sites is 2. The number of piperidine rings is 1. The van der Waals surface area contributed by atoms with E-state index in [-0.39, 0.29) is 33.3 Å². The Morgan fingerprint density at radius 1 is 0.576 bits per heavy atom. The maximum absolute atomic E-state index is 13.3. The van der Waals surface area contributed by atoms with Gasteiger partial charge in [-0.05, 0) is 153 Å². The Morgan fingerprint density at radius 2 is 0.978 bits per heavy atom. The van der Waals surface area contributed by atoms with Gasteiger partial charge in [0.2, 0.25) is 0 Å². The summed E-state index contributed by atoms with van der Waals surface area (Å²) in [5.74, 6) is 3.64. The highest BCUT2D eigenvalue weighted by molar-refractivity contribution is 8.13. The number of nitrogens with zero attached hydrogens (tertiary/aromatic N) is 9. The molecule has 19 nitrogen and oxygen atoms in total. The summed E-state index contributed by atoms with van der Waals surface area (Å²) in [5, 5.41) is 19.3. The quantitative estimate of drug-likeness (QED) is 0.0788. The summed E-state index contributed by atoms with van der Waals surface area (Å²) >= 11 is 3.04. The van der Waals surface area contributed by atoms with Gasteiger partial charge in [0.15, 0.2) is 0 Å². The van der Waals surface area contributed by atoms with Crippen molar-refractivity contribution in [3.63, 3.8) is 0 Å². The van der Waals surface area contributed by atoms with Gasteiger partial charge in [0.1, 0.15) is 41.9 Å². The Hall–Kier alpha value is -7.42. The Morgan fingerprint density at radius 3 is 1.39 bits per heavy atom. The molecule has 2 saturated heterocycles. The van der Waals surface area contributed by atoms with Gasteiger partial charge in [-0.15, -0.1) is 14.1 Å². The summed E-state index contributed by atoms with van der Waals surface area (Å²) in [4.78, 5) is 27.0. The molecule has 2 aliphatic heterocycles. The molecule has 6 heterocycles. The summed E-state index contributed by atoms with van der Waals surface area (Å²) in [7, 11) is 0.580. The lowest BCUT2D eigenvalue weighted by atomic mass is 9.85. The van der Waals surface area contributed by atoms with Crippen LogP contribution < -0.4 is 20.6 Å². The number of halogens is 3. The van der Waals surface area contributed by atoms with Gasteiger partial charge in [0.05, 0.1) is 45.3 Å². The van der Waals surface area contributed by atoms with Gasteiger partial charge in [-0.1, -0.05) is 105 Å². The molecule has 0 radical (unpaired) electrons. The minimum atomic E-state index is -4.53. The number of benzene rings is 5. The van der Waals surface area contributed by atoms with Crippen LogP contribution in [0.1, 0.15) is 119 Å². The number of aryl methyl sites for hydroxylation is 4. The van der Waals surface area contributed by atoms with Crippen molar-refractivity contribution in [3.8, 4) is 11.5 Å². The van der Waals surface area contributed by atoms with E-state index in [0.29, 0.717) is 42.3 Å². The minimum absolute atomic E-state index is 0.0787. The maximum atomic E-state index is 13.3. The van der Waals surface area contributed by atoms with Gasteiger partial charge in [-0.25, -0.2) is 22.2 Å². The Kier molecular flexibility index (Phi) is 25.2. The average molecular weight is 1360 g/mol. The smallest absolute Gasteiger partial charge is 0.335 e. The second kappa shape index (κ2) is 32.9. The molecule has 13 rings (SSSR count). The summed E-state index contributed by atoms with van der Waals surface area (Å²) < 4.78 is 104. The van der Waals surface area contributed by atoms with Crippen LogP contribution in [0.25, 0.3) is 21.8 Å². The van der Waals surface area contributed by atoms with E-state index in [9.17, 15) is 34.7 Å². The average Bonchev–Trinajstić information content (AvgIpc) is 1.33. The first-order valence-corrected chi connectivity index (χ1v) is 35.5. The van der Waals surface area contributed by atoms with Crippen molar-refractivity contribution in [2.24, 2.45) is 25.9 Å². The Balaban J connectivity index is 0.000000168. The number of fused-ring (bicyclic) bond motifs is 6. The van der Waals surface area contributed by atoms with E-state index in [1.165, 1.54) is 75.3 Å². The highest BCUT2D eigenvalue weighted by Crippen LogP contribution is 2.46. The number of hydrogen-bond donors (Lipinski definition) is 1. The van der Waals surface area contributed by atoms with Crippen molar-refractivity contribution in [1.29, 1.82) is 0 Å². The second-order valence-electron chi connectivity index (χ2n) is 23.0. The number of ether oxygens (including phenoxy) is 2. The first-order valence-electron chi connectivity index (χ1n) is 30.5. The molecule has 2 saturated carbocycles. The molecule has 0 N–H and O–H groups in total. The minimum Gasteiger partial charge on any atom is -0.486 e. The molecule has 5 aromatic carbocycles. The highest BCUT2D eigenvalue weighted by Gasteiger charge is 2.41. The number of aromatic nitrogens is 8. The van der Waals surface area contributed by atoms with Crippen molar-refractivity contribution < 1.29 is 43.0 Å². The molecule has 4 aromatic heterocycles. The lowest BCUT2D eigenvalue weighted by molar-refractivity contribution is 0.0944. The van der Waals surface area contributed by atoms with Crippen molar-refractivity contribution >= 4 is 76.0 Å². The molecule has 26 heteroatoms. The molecule has 0 amide bonds. The lowest BCUT2D eigenvalue weighted by Gasteiger charge is -2.38. The van der Waals surface area contributed by atoms with E-state index in [0.717, 1.165) is 99.7 Å². The van der Waals surface area contributed by atoms with Crippen LogP contribution in [0, 0.1) is 17.7 Å². The van der Waals surface area contributed by atoms with Crippen LogP contribution in [0.2, 0.25) is 0 Å². The van der Waals surface area contributed by atoms with Crippen LogP contribution in [0.3, 0.4) is 0 Å². The van der Waals surface area contributed by atoms with Crippen LogP contribution >= 0.6 is 23.3 Å². The molecule has 4 fully saturated rings. The predicted octanol–water partition coefficient (Wildman–Crippen LogP) is 12.0. The second-order valence-corrected chi connectivity index (χ2v) is 27.7. The van der Waals surface area contributed by atoms with E-state index >= 15 is 0 Å². The fourth-order valence-corrected chi connectivity index (χ4v) is 13.6. The van der Waals surface area contributed by atoms with Crippen LogP contribution in [0.4, 0.5) is 8.28 Å². The molecule has 4 atom stereocenters. The normalized spacial score (nSPS) is 18.9. The van der Waals surface area contributed by atoms with E-state index < -0.39 is 30.8 Å². The van der Waals surface area contributed by atoms with E-state index in [2.05, 4.69) is 38.2 Å². The molecule has 4 unspecified atom stereocenters. The molecule has 2 aliphatic carbocycles. The van der Waals surface area contributed by atoms with E-state index in [1.807, 2.05) is 103 Å². The zero-order valence-corrected chi connectivity index (χ0v) is 55.9. The Bertz CT molecular complexity index is 4200. The van der Waals surface area contributed by atoms with Crippen molar-refractivity contribution in [3.05, 3.63) is 200 Å². The lowest BCUT2D eigenvalue weighted by Crippen LogP contribution is -2.42. The zero-order chi connectivity index (χ0) is 66.1. The van der Waals surface area contributed by atoms with Crippen molar-refractivity contribution in [1.82, 2.24) is 44.0 Å². The molecule has 0 spiro atoms. The zero-order valence-electron chi connectivity index (χ0n) is 51.8. The first-order chi connectivity index (χ1) is 44.1. The fraction of sp³-hybridized carbons (Fsp3) is 0.394. The van der Waals surface area contributed by atoms with E-state index in [4.69, 9.17) is 28.6 Å². The number of thiol groups is 1. The third-order valence-corrected chi connectivity index (χ3v) is 19.3. The number of pyridine rings is 2. The molecule has 4 aliphatic rings. The van der Waals surface area contributed by atoms with Crippen molar-refractivity contribution in [2.45, 2.75) is 145 Å². The van der Waals surface area contributed by atoms with Crippen LogP contribution in [0.15, 0.2) is 165 Å². The number of rotatable bonds is 14. The maximum Gasteiger partial charge on any atom is 0.335 e.